The van der Waals surface area contributed by atoms with Crippen molar-refractivity contribution in [3.63, 3.8) is 0 Å². The van der Waals surface area contributed by atoms with E-state index in [1.807, 2.05) is 0 Å². The van der Waals surface area contributed by atoms with Crippen LogP contribution in [0.5, 0.6) is 0 Å². The van der Waals surface area contributed by atoms with Crippen molar-refractivity contribution in [1.82, 2.24) is 0 Å². The second kappa shape index (κ2) is 5.69. The molecule has 0 aliphatic heterocycles. The predicted octanol–water partition coefficient (Wildman–Crippen LogP) is 3.46. The molecule has 0 heterocycles. The van der Waals surface area contributed by atoms with Crippen molar-refractivity contribution in [3.8, 4) is 0 Å². The summed E-state index contributed by atoms with van der Waals surface area (Å²) >= 11 is 0. The van der Waals surface area contributed by atoms with Crippen molar-refractivity contribution in [2.24, 2.45) is 0 Å². The lowest BCUT2D eigenvalue weighted by molar-refractivity contribution is -0.117. The molecular formula is C15H11F3O. The van der Waals surface area contributed by atoms with Gasteiger partial charge in [0.05, 0.1) is 0 Å². The minimum absolute atomic E-state index is 0.0376. The molecule has 0 aliphatic rings. The number of halogens is 3. The van der Waals surface area contributed by atoms with E-state index in [-0.39, 0.29) is 24.2 Å². The SMILES string of the molecule is O=C(Cc1cccc(F)c1)Cc1cc(F)cc(F)c1. The molecule has 0 fully saturated rings. The Labute approximate surface area is 108 Å². The molecular weight excluding hydrogens is 253 g/mol. The lowest BCUT2D eigenvalue weighted by Crippen LogP contribution is -2.07. The first-order chi connectivity index (χ1) is 9.02. The van der Waals surface area contributed by atoms with Crippen molar-refractivity contribution in [1.29, 1.82) is 0 Å². The average molecular weight is 264 g/mol. The maximum absolute atomic E-state index is 13.0. The molecule has 2 rings (SSSR count). The van der Waals surface area contributed by atoms with Crippen LogP contribution < -0.4 is 0 Å². The van der Waals surface area contributed by atoms with Crippen LogP contribution in [0.15, 0.2) is 42.5 Å². The fraction of sp³-hybridized carbons (Fsp3) is 0.133. The molecule has 0 radical (unpaired) electrons. The quantitative estimate of drug-likeness (QED) is 0.826. The first-order valence-corrected chi connectivity index (χ1v) is 5.74. The molecule has 0 amide bonds. The Morgan fingerprint density at radius 2 is 1.37 bits per heavy atom. The number of hydrogen-bond acceptors (Lipinski definition) is 1. The zero-order valence-electron chi connectivity index (χ0n) is 10.00. The van der Waals surface area contributed by atoms with Gasteiger partial charge in [0.15, 0.2) is 0 Å². The number of hydrogen-bond donors (Lipinski definition) is 0. The highest BCUT2D eigenvalue weighted by molar-refractivity contribution is 5.83. The van der Waals surface area contributed by atoms with Gasteiger partial charge in [-0.3, -0.25) is 4.79 Å². The average Bonchev–Trinajstić information content (AvgIpc) is 2.26. The highest BCUT2D eigenvalue weighted by Gasteiger charge is 2.08. The van der Waals surface area contributed by atoms with Gasteiger partial charge in [-0.25, -0.2) is 13.2 Å². The summed E-state index contributed by atoms with van der Waals surface area (Å²) in [6.45, 7) is 0. The molecule has 4 heteroatoms. The Bertz CT molecular complexity index is 588. The van der Waals surface area contributed by atoms with E-state index in [0.717, 1.165) is 18.2 Å². The second-order valence-corrected chi connectivity index (χ2v) is 4.30. The van der Waals surface area contributed by atoms with Crippen LogP contribution in [0.2, 0.25) is 0 Å². The summed E-state index contributed by atoms with van der Waals surface area (Å²) < 4.78 is 38.9. The van der Waals surface area contributed by atoms with Crippen molar-refractivity contribution < 1.29 is 18.0 Å². The Morgan fingerprint density at radius 1 is 0.789 bits per heavy atom. The molecule has 0 bridgehead atoms. The largest absolute Gasteiger partial charge is 0.299 e. The molecule has 0 spiro atoms. The molecule has 0 aliphatic carbocycles. The summed E-state index contributed by atoms with van der Waals surface area (Å²) in [6.07, 6.45) is -0.0406. The maximum Gasteiger partial charge on any atom is 0.141 e. The number of carbonyl (C=O) groups excluding carboxylic acids is 1. The lowest BCUT2D eigenvalue weighted by atomic mass is 10.0. The Kier molecular flexibility index (Phi) is 4.00. The van der Waals surface area contributed by atoms with Gasteiger partial charge in [-0.2, -0.15) is 0 Å². The van der Waals surface area contributed by atoms with Crippen molar-refractivity contribution in [2.75, 3.05) is 0 Å². The van der Waals surface area contributed by atoms with Crippen LogP contribution in [0.3, 0.4) is 0 Å². The van der Waals surface area contributed by atoms with Crippen molar-refractivity contribution in [2.45, 2.75) is 12.8 Å². The van der Waals surface area contributed by atoms with E-state index in [1.165, 1.54) is 18.2 Å². The van der Waals surface area contributed by atoms with Crippen molar-refractivity contribution in [3.05, 3.63) is 71.0 Å². The monoisotopic (exact) mass is 264 g/mol. The van der Waals surface area contributed by atoms with Gasteiger partial charge in [-0.1, -0.05) is 12.1 Å². The van der Waals surface area contributed by atoms with Crippen LogP contribution in [-0.4, -0.2) is 5.78 Å². The van der Waals surface area contributed by atoms with E-state index in [1.54, 1.807) is 6.07 Å². The third-order valence-corrected chi connectivity index (χ3v) is 2.61. The molecule has 1 nitrogen and oxygen atoms in total. The fourth-order valence-corrected chi connectivity index (χ4v) is 1.88. The standard InChI is InChI=1S/C15H11F3O/c16-12-3-1-2-10(4-12)7-15(19)8-11-5-13(17)9-14(18)6-11/h1-6,9H,7-8H2. The molecule has 0 atom stereocenters. The highest BCUT2D eigenvalue weighted by atomic mass is 19.1. The van der Waals surface area contributed by atoms with E-state index in [9.17, 15) is 18.0 Å². The van der Waals surface area contributed by atoms with Crippen LogP contribution in [0.1, 0.15) is 11.1 Å². The van der Waals surface area contributed by atoms with Gasteiger partial charge >= 0.3 is 0 Å². The number of benzene rings is 2. The molecule has 19 heavy (non-hydrogen) atoms. The van der Waals surface area contributed by atoms with E-state index >= 15 is 0 Å². The van der Waals surface area contributed by atoms with Gasteiger partial charge < -0.3 is 0 Å². The third kappa shape index (κ3) is 3.95. The first kappa shape index (κ1) is 13.3. The molecule has 0 saturated carbocycles. The fourth-order valence-electron chi connectivity index (χ4n) is 1.88. The third-order valence-electron chi connectivity index (χ3n) is 2.61. The van der Waals surface area contributed by atoms with E-state index in [0.29, 0.717) is 5.56 Å². The number of carbonyl (C=O) groups is 1. The molecule has 2 aromatic rings. The Balaban J connectivity index is 2.05. The van der Waals surface area contributed by atoms with E-state index in [4.69, 9.17) is 0 Å². The molecule has 2 aromatic carbocycles. The Morgan fingerprint density at radius 3 is 2.00 bits per heavy atom. The lowest BCUT2D eigenvalue weighted by Gasteiger charge is -2.03. The van der Waals surface area contributed by atoms with Crippen LogP contribution >= 0.6 is 0 Å². The van der Waals surface area contributed by atoms with Crippen LogP contribution in [0, 0.1) is 17.5 Å². The normalized spacial score (nSPS) is 10.5. The molecule has 0 N–H and O–H groups in total. The Hall–Kier alpha value is -2.10. The number of rotatable bonds is 4. The summed E-state index contributed by atoms with van der Waals surface area (Å²) in [5.41, 5.74) is 0.820. The van der Waals surface area contributed by atoms with Gasteiger partial charge in [0.1, 0.15) is 23.2 Å². The number of ketones is 1. The summed E-state index contributed by atoms with van der Waals surface area (Å²) in [7, 11) is 0. The highest BCUT2D eigenvalue weighted by Crippen LogP contribution is 2.11. The van der Waals surface area contributed by atoms with Gasteiger partial charge in [0.2, 0.25) is 0 Å². The summed E-state index contributed by atoms with van der Waals surface area (Å²) in [5, 5.41) is 0. The van der Waals surface area contributed by atoms with Crippen LogP contribution in [0.4, 0.5) is 13.2 Å². The molecule has 0 aromatic heterocycles. The summed E-state index contributed by atoms with van der Waals surface area (Å²) in [6, 6.07) is 8.69. The summed E-state index contributed by atoms with van der Waals surface area (Å²) in [5.74, 6) is -2.07. The minimum atomic E-state index is -0.714. The van der Waals surface area contributed by atoms with Gasteiger partial charge in [0.25, 0.3) is 0 Å². The minimum Gasteiger partial charge on any atom is -0.299 e. The molecule has 0 unspecified atom stereocenters. The zero-order valence-corrected chi connectivity index (χ0v) is 10.00. The van der Waals surface area contributed by atoms with Crippen molar-refractivity contribution >= 4 is 5.78 Å². The molecule has 98 valence electrons. The zero-order chi connectivity index (χ0) is 13.8. The van der Waals surface area contributed by atoms with Gasteiger partial charge in [-0.15, -0.1) is 0 Å². The van der Waals surface area contributed by atoms with E-state index in [2.05, 4.69) is 0 Å². The summed E-state index contributed by atoms with van der Waals surface area (Å²) in [4.78, 5) is 11.7. The topological polar surface area (TPSA) is 17.1 Å². The first-order valence-electron chi connectivity index (χ1n) is 5.74. The molecule has 0 saturated heterocycles. The van der Waals surface area contributed by atoms with Crippen LogP contribution in [0.25, 0.3) is 0 Å². The van der Waals surface area contributed by atoms with Crippen LogP contribution in [-0.2, 0) is 17.6 Å². The number of Topliss-reactive ketones (excluding diaryl/α,β-unsaturated/α-hetero) is 1. The second-order valence-electron chi connectivity index (χ2n) is 4.30. The smallest absolute Gasteiger partial charge is 0.141 e. The van der Waals surface area contributed by atoms with E-state index < -0.39 is 17.5 Å². The maximum atomic E-state index is 13.0. The predicted molar refractivity (Wildman–Crippen MR) is 65.2 cm³/mol. The van der Waals surface area contributed by atoms with Gasteiger partial charge in [0, 0.05) is 18.9 Å². The van der Waals surface area contributed by atoms with Gasteiger partial charge in [-0.05, 0) is 35.4 Å².